The Morgan fingerprint density at radius 1 is 1.38 bits per heavy atom. The maximum atomic E-state index is 13.7. The van der Waals surface area contributed by atoms with E-state index in [1.54, 1.807) is 4.90 Å². The highest BCUT2D eigenvalue weighted by Crippen LogP contribution is 2.34. The van der Waals surface area contributed by atoms with E-state index in [9.17, 15) is 18.0 Å². The summed E-state index contributed by atoms with van der Waals surface area (Å²) in [5.41, 5.74) is -0.00792. The number of aromatic nitrogens is 2. The Kier molecular flexibility index (Phi) is 7.97. The summed E-state index contributed by atoms with van der Waals surface area (Å²) in [6.45, 7) is 7.23. The molecule has 0 unspecified atom stereocenters. The SMILES string of the molecule is [2H]C[C@@]([2H])(C)c1cnc2c(NC3CCN(C[C@@H]4CN(C(=O)OCCCC)CCO4)CC3)cc(C(F)(F)F)cn12. The summed E-state index contributed by atoms with van der Waals surface area (Å²) in [5.74, 6) is -1.39. The average molecular weight is 528 g/mol. The third kappa shape index (κ3) is 6.87. The minimum atomic E-state index is -4.56. The van der Waals surface area contributed by atoms with Crippen molar-refractivity contribution in [1.29, 1.82) is 0 Å². The molecule has 2 fully saturated rings. The van der Waals surface area contributed by atoms with Gasteiger partial charge in [0.15, 0.2) is 5.65 Å². The zero-order valence-electron chi connectivity index (χ0n) is 23.5. The molecule has 0 aromatic carbocycles. The molecule has 2 atom stereocenters. The lowest BCUT2D eigenvalue weighted by atomic mass is 10.0. The number of nitrogens with zero attached hydrogens (tertiary/aromatic N) is 4. The first-order chi connectivity index (χ1) is 18.5. The van der Waals surface area contributed by atoms with E-state index in [4.69, 9.17) is 12.2 Å². The second kappa shape index (κ2) is 11.9. The number of ether oxygens (including phenoxy) is 2. The summed E-state index contributed by atoms with van der Waals surface area (Å²) in [6.07, 6.45) is 0.590. The van der Waals surface area contributed by atoms with Gasteiger partial charge in [-0.15, -0.1) is 0 Å². The Balaban J connectivity index is 1.37. The smallest absolute Gasteiger partial charge is 0.417 e. The molecular formula is C26H38F3N5O3. The van der Waals surface area contributed by atoms with E-state index in [1.165, 1.54) is 17.5 Å². The van der Waals surface area contributed by atoms with E-state index < -0.39 is 17.6 Å². The second-order valence-corrected chi connectivity index (χ2v) is 9.88. The van der Waals surface area contributed by atoms with Crippen LogP contribution in [-0.2, 0) is 15.7 Å². The number of fused-ring (bicyclic) bond motifs is 1. The van der Waals surface area contributed by atoms with Gasteiger partial charge in [-0.1, -0.05) is 27.2 Å². The number of imidazole rings is 1. The number of nitrogens with one attached hydrogen (secondary N) is 1. The van der Waals surface area contributed by atoms with Gasteiger partial charge in [-0.2, -0.15) is 13.2 Å². The zero-order chi connectivity index (χ0) is 28.2. The number of anilines is 1. The summed E-state index contributed by atoms with van der Waals surface area (Å²) in [4.78, 5) is 20.6. The highest BCUT2D eigenvalue weighted by atomic mass is 19.4. The van der Waals surface area contributed by atoms with Crippen molar-refractivity contribution >= 4 is 17.4 Å². The summed E-state index contributed by atoms with van der Waals surface area (Å²) in [6, 6.07) is 1.02. The van der Waals surface area contributed by atoms with E-state index >= 15 is 0 Å². The van der Waals surface area contributed by atoms with Gasteiger partial charge in [0, 0.05) is 53.0 Å². The van der Waals surface area contributed by atoms with Crippen molar-refractivity contribution in [1.82, 2.24) is 19.2 Å². The lowest BCUT2D eigenvalue weighted by molar-refractivity contribution is -0.137. The number of likely N-dealkylation sites (tertiary alicyclic amines) is 1. The molecule has 4 heterocycles. The van der Waals surface area contributed by atoms with Crippen molar-refractivity contribution in [2.45, 2.75) is 70.6 Å². The molecule has 37 heavy (non-hydrogen) atoms. The molecule has 0 saturated carbocycles. The van der Waals surface area contributed by atoms with Crippen LogP contribution in [0.25, 0.3) is 5.65 Å². The van der Waals surface area contributed by atoms with E-state index in [-0.39, 0.29) is 36.5 Å². The van der Waals surface area contributed by atoms with E-state index in [2.05, 4.69) is 15.2 Å². The molecule has 8 nitrogen and oxygen atoms in total. The summed E-state index contributed by atoms with van der Waals surface area (Å²) < 4.78 is 69.7. The maximum Gasteiger partial charge on any atom is 0.417 e. The number of piperidine rings is 1. The number of hydrogen-bond donors (Lipinski definition) is 1. The Hall–Kier alpha value is -2.53. The van der Waals surface area contributed by atoms with Crippen molar-refractivity contribution in [2.24, 2.45) is 0 Å². The van der Waals surface area contributed by atoms with Crippen molar-refractivity contribution in [3.05, 3.63) is 29.7 Å². The fraction of sp³-hybridized carbons (Fsp3) is 0.692. The molecular weight excluding hydrogens is 487 g/mol. The van der Waals surface area contributed by atoms with Crippen LogP contribution in [0.4, 0.5) is 23.7 Å². The molecule has 1 amide bonds. The van der Waals surface area contributed by atoms with Gasteiger partial charge < -0.3 is 29.0 Å². The predicted octanol–water partition coefficient (Wildman–Crippen LogP) is 4.99. The number of alkyl halides is 3. The molecule has 2 aromatic heterocycles. The normalized spacial score (nSPS) is 22.4. The molecule has 4 rings (SSSR count). The summed E-state index contributed by atoms with van der Waals surface area (Å²) in [5, 5.41) is 3.27. The molecule has 2 aromatic rings. The van der Waals surface area contributed by atoms with Crippen LogP contribution in [0.2, 0.25) is 0 Å². The van der Waals surface area contributed by atoms with Crippen LogP contribution in [0.1, 0.15) is 66.3 Å². The Bertz CT molecular complexity index is 1120. The fourth-order valence-corrected chi connectivity index (χ4v) is 4.82. The van der Waals surface area contributed by atoms with Gasteiger partial charge in [0.2, 0.25) is 0 Å². The van der Waals surface area contributed by atoms with Gasteiger partial charge in [-0.25, -0.2) is 9.78 Å². The van der Waals surface area contributed by atoms with Gasteiger partial charge in [-0.05, 0) is 31.2 Å². The Morgan fingerprint density at radius 2 is 2.16 bits per heavy atom. The van der Waals surface area contributed by atoms with Crippen LogP contribution in [0.5, 0.6) is 0 Å². The molecule has 2 aliphatic rings. The van der Waals surface area contributed by atoms with Crippen LogP contribution >= 0.6 is 0 Å². The first-order valence-electron chi connectivity index (χ1n) is 14.1. The molecule has 1 N–H and O–H groups in total. The number of unbranched alkanes of at least 4 members (excludes halogenated alkanes) is 1. The second-order valence-electron chi connectivity index (χ2n) is 9.88. The third-order valence-electron chi connectivity index (χ3n) is 6.90. The van der Waals surface area contributed by atoms with Crippen molar-refractivity contribution in [3.63, 3.8) is 0 Å². The minimum absolute atomic E-state index is 0.0513. The summed E-state index contributed by atoms with van der Waals surface area (Å²) in [7, 11) is 0. The molecule has 0 aliphatic carbocycles. The van der Waals surface area contributed by atoms with Gasteiger partial charge in [0.25, 0.3) is 0 Å². The quantitative estimate of drug-likeness (QED) is 0.488. The number of amides is 1. The van der Waals surface area contributed by atoms with Crippen LogP contribution in [-0.4, -0.2) is 83.4 Å². The minimum Gasteiger partial charge on any atom is -0.449 e. The first-order valence-corrected chi connectivity index (χ1v) is 12.9. The van der Waals surface area contributed by atoms with Crippen LogP contribution in [0.3, 0.4) is 0 Å². The fourth-order valence-electron chi connectivity index (χ4n) is 4.82. The number of halogens is 3. The highest BCUT2D eigenvalue weighted by molar-refractivity contribution is 5.70. The lowest BCUT2D eigenvalue weighted by Crippen LogP contribution is -2.51. The first kappa shape index (κ1) is 24.8. The van der Waals surface area contributed by atoms with Gasteiger partial charge in [-0.3, -0.25) is 0 Å². The lowest BCUT2D eigenvalue weighted by Gasteiger charge is -2.38. The Morgan fingerprint density at radius 3 is 2.86 bits per heavy atom. The monoisotopic (exact) mass is 527 g/mol. The average Bonchev–Trinajstić information content (AvgIpc) is 3.35. The molecule has 2 saturated heterocycles. The zero-order valence-corrected chi connectivity index (χ0v) is 21.5. The number of carbonyl (C=O) groups excluding carboxylic acids is 1. The molecule has 0 radical (unpaired) electrons. The van der Waals surface area contributed by atoms with Gasteiger partial charge in [0.05, 0.1) is 37.1 Å². The number of carbonyl (C=O) groups is 1. The van der Waals surface area contributed by atoms with Crippen molar-refractivity contribution < 1.29 is 30.2 Å². The van der Waals surface area contributed by atoms with E-state index in [1.807, 2.05) is 6.92 Å². The van der Waals surface area contributed by atoms with Gasteiger partial charge >= 0.3 is 12.3 Å². The van der Waals surface area contributed by atoms with Gasteiger partial charge in [0.1, 0.15) is 0 Å². The van der Waals surface area contributed by atoms with Crippen molar-refractivity contribution in [3.8, 4) is 0 Å². The number of pyridine rings is 1. The molecule has 206 valence electrons. The predicted molar refractivity (Wildman–Crippen MR) is 135 cm³/mol. The maximum absolute atomic E-state index is 13.7. The van der Waals surface area contributed by atoms with Crippen LogP contribution in [0.15, 0.2) is 18.5 Å². The highest BCUT2D eigenvalue weighted by Gasteiger charge is 2.33. The van der Waals surface area contributed by atoms with Crippen LogP contribution in [0, 0.1) is 0 Å². The number of morpholine rings is 1. The third-order valence-corrected chi connectivity index (χ3v) is 6.90. The Labute approximate surface area is 218 Å². The van der Waals surface area contributed by atoms with E-state index in [0.29, 0.717) is 51.3 Å². The molecule has 2 aliphatic heterocycles. The largest absolute Gasteiger partial charge is 0.449 e. The standard InChI is InChI=1S/C26H38F3N5O3/c1-4-5-11-37-25(35)33-10-12-36-21(17-33)16-32-8-6-20(7-9-32)31-22-13-19(26(27,28)29)15-34-23(18(2)3)14-30-24(22)34/h13-15,18,20-21,31H,4-12,16-17H2,1-3H3/t21-/m1/s1/i2D,18D/t18-,21+/m0. The number of hydrogen-bond acceptors (Lipinski definition) is 6. The topological polar surface area (TPSA) is 71.3 Å². The molecule has 0 spiro atoms. The van der Waals surface area contributed by atoms with E-state index in [0.717, 1.165) is 38.2 Å². The number of rotatable bonds is 8. The van der Waals surface area contributed by atoms with Crippen LogP contribution < -0.4 is 5.32 Å². The summed E-state index contributed by atoms with van der Waals surface area (Å²) >= 11 is 0. The van der Waals surface area contributed by atoms with Crippen molar-refractivity contribution in [2.75, 3.05) is 51.3 Å². The molecule has 0 bridgehead atoms. The molecule has 11 heteroatoms.